The van der Waals surface area contributed by atoms with Crippen LogP contribution in [0.2, 0.25) is 0 Å². The fourth-order valence-corrected chi connectivity index (χ4v) is 4.04. The quantitative estimate of drug-likeness (QED) is 0.699. The van der Waals surface area contributed by atoms with Gasteiger partial charge in [0.2, 0.25) is 0 Å². The number of hydrogen-bond donors (Lipinski definition) is 3. The number of carbonyl (C=O) groups is 1. The molecule has 0 bridgehead atoms. The van der Waals surface area contributed by atoms with Crippen molar-refractivity contribution in [2.24, 2.45) is 0 Å². The van der Waals surface area contributed by atoms with E-state index in [-0.39, 0.29) is 5.91 Å². The van der Waals surface area contributed by atoms with E-state index in [4.69, 9.17) is 5.41 Å². The monoisotopic (exact) mass is 342 g/mol. The fraction of sp³-hybridized carbons (Fsp3) is 0.389. The SMILES string of the molecule is CC(=N)c1cc(C(=O)Nc2cccnc2)sc1NC1CCCCC1. The molecule has 0 atom stereocenters. The average molecular weight is 342 g/mol. The third-order valence-corrected chi connectivity index (χ3v) is 5.28. The lowest BCUT2D eigenvalue weighted by molar-refractivity contribution is 0.103. The molecular formula is C18H22N4OS. The van der Waals surface area contributed by atoms with Crippen molar-refractivity contribution in [3.05, 3.63) is 41.0 Å². The lowest BCUT2D eigenvalue weighted by atomic mass is 9.95. The zero-order chi connectivity index (χ0) is 16.9. The molecule has 1 amide bonds. The highest BCUT2D eigenvalue weighted by Gasteiger charge is 2.20. The molecule has 0 aliphatic heterocycles. The Labute approximate surface area is 146 Å². The first kappa shape index (κ1) is 16.6. The summed E-state index contributed by atoms with van der Waals surface area (Å²) in [6, 6.07) is 5.85. The van der Waals surface area contributed by atoms with Crippen molar-refractivity contribution in [2.75, 3.05) is 10.6 Å². The van der Waals surface area contributed by atoms with Crippen LogP contribution in [0.3, 0.4) is 0 Å². The van der Waals surface area contributed by atoms with E-state index in [9.17, 15) is 4.79 Å². The van der Waals surface area contributed by atoms with E-state index in [1.807, 2.05) is 12.1 Å². The van der Waals surface area contributed by atoms with Crippen molar-refractivity contribution >= 4 is 33.6 Å². The van der Waals surface area contributed by atoms with Gasteiger partial charge in [0, 0.05) is 23.5 Å². The minimum atomic E-state index is -0.160. The van der Waals surface area contributed by atoms with Gasteiger partial charge in [-0.25, -0.2) is 0 Å². The lowest BCUT2D eigenvalue weighted by Crippen LogP contribution is -2.22. The number of hydrogen-bond acceptors (Lipinski definition) is 5. The van der Waals surface area contributed by atoms with Crippen LogP contribution in [0.25, 0.3) is 0 Å². The van der Waals surface area contributed by atoms with Gasteiger partial charge in [-0.15, -0.1) is 11.3 Å². The third kappa shape index (κ3) is 4.00. The minimum Gasteiger partial charge on any atom is -0.374 e. The number of thiophene rings is 1. The van der Waals surface area contributed by atoms with Crippen LogP contribution in [0, 0.1) is 5.41 Å². The minimum absolute atomic E-state index is 0.160. The molecule has 24 heavy (non-hydrogen) atoms. The molecule has 2 heterocycles. The Balaban J connectivity index is 1.77. The van der Waals surface area contributed by atoms with E-state index >= 15 is 0 Å². The molecule has 3 N–H and O–H groups in total. The summed E-state index contributed by atoms with van der Waals surface area (Å²) in [5, 5.41) is 15.3. The molecule has 126 valence electrons. The highest BCUT2D eigenvalue weighted by Crippen LogP contribution is 2.32. The van der Waals surface area contributed by atoms with Crippen LogP contribution >= 0.6 is 11.3 Å². The van der Waals surface area contributed by atoms with Crippen molar-refractivity contribution in [2.45, 2.75) is 45.1 Å². The highest BCUT2D eigenvalue weighted by molar-refractivity contribution is 7.18. The summed E-state index contributed by atoms with van der Waals surface area (Å²) in [6.07, 6.45) is 9.40. The first-order valence-corrected chi connectivity index (χ1v) is 9.12. The van der Waals surface area contributed by atoms with Crippen molar-refractivity contribution in [3.63, 3.8) is 0 Å². The maximum atomic E-state index is 12.5. The van der Waals surface area contributed by atoms with Gasteiger partial charge in [-0.2, -0.15) is 0 Å². The molecule has 1 fully saturated rings. The largest absolute Gasteiger partial charge is 0.374 e. The smallest absolute Gasteiger partial charge is 0.265 e. The van der Waals surface area contributed by atoms with Crippen LogP contribution < -0.4 is 10.6 Å². The number of carbonyl (C=O) groups excluding carboxylic acids is 1. The Morgan fingerprint density at radius 3 is 2.79 bits per heavy atom. The topological polar surface area (TPSA) is 77.9 Å². The Hall–Kier alpha value is -2.21. The van der Waals surface area contributed by atoms with E-state index in [2.05, 4.69) is 15.6 Å². The van der Waals surface area contributed by atoms with Gasteiger partial charge in [-0.3, -0.25) is 9.78 Å². The molecule has 5 nitrogen and oxygen atoms in total. The van der Waals surface area contributed by atoms with Crippen LogP contribution in [-0.2, 0) is 0 Å². The predicted octanol–water partition coefficient (Wildman–Crippen LogP) is 4.53. The van der Waals surface area contributed by atoms with Crippen molar-refractivity contribution in [1.29, 1.82) is 5.41 Å². The zero-order valence-corrected chi connectivity index (χ0v) is 14.6. The Bertz CT molecular complexity index is 720. The second kappa shape index (κ2) is 7.57. The molecular weight excluding hydrogens is 320 g/mol. The van der Waals surface area contributed by atoms with Crippen LogP contribution in [0.15, 0.2) is 30.6 Å². The van der Waals surface area contributed by atoms with E-state index in [1.54, 1.807) is 25.4 Å². The lowest BCUT2D eigenvalue weighted by Gasteiger charge is -2.23. The summed E-state index contributed by atoms with van der Waals surface area (Å²) in [5.41, 5.74) is 1.97. The molecule has 6 heteroatoms. The average Bonchev–Trinajstić information content (AvgIpc) is 3.01. The van der Waals surface area contributed by atoms with Gasteiger partial charge >= 0.3 is 0 Å². The molecule has 0 saturated heterocycles. The number of amides is 1. The molecule has 1 aliphatic carbocycles. The molecule has 1 saturated carbocycles. The predicted molar refractivity (Wildman–Crippen MR) is 99.5 cm³/mol. The number of anilines is 2. The summed E-state index contributed by atoms with van der Waals surface area (Å²) in [7, 11) is 0. The molecule has 3 rings (SSSR count). The molecule has 2 aromatic rings. The summed E-state index contributed by atoms with van der Waals surface area (Å²) in [4.78, 5) is 17.1. The molecule has 1 aliphatic rings. The molecule has 0 aromatic carbocycles. The molecule has 0 radical (unpaired) electrons. The van der Waals surface area contributed by atoms with Gasteiger partial charge in [0.05, 0.1) is 21.8 Å². The number of nitrogens with zero attached hydrogens (tertiary/aromatic N) is 1. The molecule has 0 spiro atoms. The van der Waals surface area contributed by atoms with Gasteiger partial charge in [0.15, 0.2) is 0 Å². The second-order valence-electron chi connectivity index (χ2n) is 6.15. The molecule has 0 unspecified atom stereocenters. The maximum Gasteiger partial charge on any atom is 0.265 e. The maximum absolute atomic E-state index is 12.5. The number of pyridine rings is 1. The van der Waals surface area contributed by atoms with Gasteiger partial charge in [-0.1, -0.05) is 19.3 Å². The first-order valence-electron chi connectivity index (χ1n) is 8.31. The van der Waals surface area contributed by atoms with Crippen LogP contribution in [0.5, 0.6) is 0 Å². The summed E-state index contributed by atoms with van der Waals surface area (Å²) in [6.45, 7) is 1.76. The van der Waals surface area contributed by atoms with Crippen molar-refractivity contribution < 1.29 is 4.79 Å². The summed E-state index contributed by atoms with van der Waals surface area (Å²) in [5.74, 6) is -0.160. The van der Waals surface area contributed by atoms with Crippen LogP contribution in [0.1, 0.15) is 54.3 Å². The Morgan fingerprint density at radius 2 is 2.12 bits per heavy atom. The van der Waals surface area contributed by atoms with Crippen molar-refractivity contribution in [3.8, 4) is 0 Å². The summed E-state index contributed by atoms with van der Waals surface area (Å²) < 4.78 is 0. The number of nitrogens with one attached hydrogen (secondary N) is 3. The first-order chi connectivity index (χ1) is 11.6. The fourth-order valence-electron chi connectivity index (χ4n) is 2.95. The van der Waals surface area contributed by atoms with Crippen LogP contribution in [0.4, 0.5) is 10.7 Å². The Kier molecular flexibility index (Phi) is 5.25. The van der Waals surface area contributed by atoms with Gasteiger partial charge in [-0.05, 0) is 38.0 Å². The zero-order valence-electron chi connectivity index (χ0n) is 13.8. The van der Waals surface area contributed by atoms with E-state index in [1.165, 1.54) is 30.6 Å². The highest BCUT2D eigenvalue weighted by atomic mass is 32.1. The second-order valence-corrected chi connectivity index (χ2v) is 7.21. The van der Waals surface area contributed by atoms with E-state index < -0.39 is 0 Å². The van der Waals surface area contributed by atoms with Crippen LogP contribution in [-0.4, -0.2) is 22.6 Å². The number of rotatable bonds is 5. The van der Waals surface area contributed by atoms with Gasteiger partial charge in [0.1, 0.15) is 0 Å². The summed E-state index contributed by atoms with van der Waals surface area (Å²) >= 11 is 1.42. The standard InChI is InChI=1S/C18H22N4OS/c1-12(19)15-10-16(17(23)21-14-8-5-9-20-11-14)24-18(15)22-13-6-3-2-4-7-13/h5,8-11,13,19,22H,2-4,6-7H2,1H3,(H,21,23). The van der Waals surface area contributed by atoms with Gasteiger partial charge in [0.25, 0.3) is 5.91 Å². The van der Waals surface area contributed by atoms with Crippen molar-refractivity contribution in [1.82, 2.24) is 4.98 Å². The third-order valence-electron chi connectivity index (χ3n) is 4.22. The van der Waals surface area contributed by atoms with E-state index in [0.717, 1.165) is 23.4 Å². The van der Waals surface area contributed by atoms with E-state index in [0.29, 0.717) is 22.3 Å². The number of aromatic nitrogens is 1. The normalized spacial score (nSPS) is 15.0. The Morgan fingerprint density at radius 1 is 1.33 bits per heavy atom. The van der Waals surface area contributed by atoms with Gasteiger partial charge < -0.3 is 16.0 Å². The molecule has 2 aromatic heterocycles.